The van der Waals surface area contributed by atoms with Gasteiger partial charge in [-0.3, -0.25) is 4.79 Å². The molecule has 0 radical (unpaired) electrons. The zero-order valence-corrected chi connectivity index (χ0v) is 12.0. The van der Waals surface area contributed by atoms with Gasteiger partial charge in [-0.05, 0) is 38.2 Å². The summed E-state index contributed by atoms with van der Waals surface area (Å²) in [7, 11) is 0. The summed E-state index contributed by atoms with van der Waals surface area (Å²) < 4.78 is 0. The average Bonchev–Trinajstić information content (AvgIpc) is 2.30. The molecule has 0 aliphatic rings. The van der Waals surface area contributed by atoms with Gasteiger partial charge in [-0.1, -0.05) is 6.42 Å². The molecule has 5 nitrogen and oxygen atoms in total. The molecule has 3 N–H and O–H groups in total. The van der Waals surface area contributed by atoms with Gasteiger partial charge in [0.15, 0.2) is 0 Å². The molecule has 1 unspecified atom stereocenters. The van der Waals surface area contributed by atoms with E-state index in [4.69, 9.17) is 5.11 Å². The van der Waals surface area contributed by atoms with Crippen molar-refractivity contribution < 1.29 is 14.7 Å². The third-order valence-corrected chi connectivity index (χ3v) is 3.13. The Hall–Kier alpha value is -0.910. The molecule has 0 aromatic heterocycles. The summed E-state index contributed by atoms with van der Waals surface area (Å²) in [6, 6.07) is 0.0475. The van der Waals surface area contributed by atoms with Gasteiger partial charge in [-0.2, -0.15) is 11.8 Å². The van der Waals surface area contributed by atoms with Gasteiger partial charge in [-0.15, -0.1) is 0 Å². The highest BCUT2D eigenvalue weighted by molar-refractivity contribution is 7.98. The van der Waals surface area contributed by atoms with E-state index in [2.05, 4.69) is 10.6 Å². The topological polar surface area (TPSA) is 78.4 Å². The largest absolute Gasteiger partial charge is 0.481 e. The smallest absolute Gasteiger partial charge is 0.314 e. The SMILES string of the molecule is CSCCC(C)NC(=O)NCCCCCC(=O)O. The van der Waals surface area contributed by atoms with E-state index in [1.165, 1.54) is 0 Å². The molecule has 0 fully saturated rings. The van der Waals surface area contributed by atoms with Crippen molar-refractivity contribution in [2.75, 3.05) is 18.6 Å². The number of amides is 2. The number of unbranched alkanes of at least 4 members (excludes halogenated alkanes) is 2. The maximum atomic E-state index is 11.4. The van der Waals surface area contributed by atoms with Crippen LogP contribution in [0.4, 0.5) is 4.79 Å². The molecule has 18 heavy (non-hydrogen) atoms. The summed E-state index contributed by atoms with van der Waals surface area (Å²) in [6.45, 7) is 2.59. The standard InChI is InChI=1S/C12H24N2O3S/c1-10(7-9-18-2)14-12(17)13-8-5-3-4-6-11(15)16/h10H,3-9H2,1-2H3,(H,15,16)(H2,13,14,17). The Kier molecular flexibility index (Phi) is 10.6. The van der Waals surface area contributed by atoms with Gasteiger partial charge in [0, 0.05) is 19.0 Å². The molecular formula is C12H24N2O3S. The molecule has 0 spiro atoms. The van der Waals surface area contributed by atoms with Crippen molar-refractivity contribution in [2.24, 2.45) is 0 Å². The Morgan fingerprint density at radius 2 is 2.00 bits per heavy atom. The van der Waals surface area contributed by atoms with E-state index >= 15 is 0 Å². The van der Waals surface area contributed by atoms with Crippen LogP contribution in [0, 0.1) is 0 Å². The Morgan fingerprint density at radius 3 is 2.61 bits per heavy atom. The molecule has 0 aromatic carbocycles. The highest BCUT2D eigenvalue weighted by Crippen LogP contribution is 2.00. The van der Waals surface area contributed by atoms with E-state index < -0.39 is 5.97 Å². The number of hydrogen-bond acceptors (Lipinski definition) is 3. The second-order valence-corrected chi connectivity index (χ2v) is 5.27. The van der Waals surface area contributed by atoms with Crippen molar-refractivity contribution in [1.82, 2.24) is 10.6 Å². The Balaban J connectivity index is 3.39. The van der Waals surface area contributed by atoms with Crippen LogP contribution in [0.5, 0.6) is 0 Å². The normalized spacial score (nSPS) is 11.9. The lowest BCUT2D eigenvalue weighted by atomic mass is 10.2. The van der Waals surface area contributed by atoms with Crippen molar-refractivity contribution >= 4 is 23.8 Å². The molecule has 0 rings (SSSR count). The molecule has 0 saturated heterocycles. The summed E-state index contributed by atoms with van der Waals surface area (Å²) in [6.07, 6.45) is 5.53. The van der Waals surface area contributed by atoms with Gasteiger partial charge in [-0.25, -0.2) is 4.79 Å². The quantitative estimate of drug-likeness (QED) is 0.534. The number of nitrogens with one attached hydrogen (secondary N) is 2. The Bertz CT molecular complexity index is 249. The fourth-order valence-electron chi connectivity index (χ4n) is 1.42. The minimum atomic E-state index is -0.761. The van der Waals surface area contributed by atoms with E-state index in [1.54, 1.807) is 11.8 Å². The minimum Gasteiger partial charge on any atom is -0.481 e. The van der Waals surface area contributed by atoms with Crippen LogP contribution in [0.2, 0.25) is 0 Å². The molecular weight excluding hydrogens is 252 g/mol. The molecule has 6 heteroatoms. The number of carbonyl (C=O) groups excluding carboxylic acids is 1. The zero-order chi connectivity index (χ0) is 13.8. The number of thioether (sulfide) groups is 1. The third kappa shape index (κ3) is 11.6. The van der Waals surface area contributed by atoms with E-state index in [0.717, 1.165) is 25.0 Å². The van der Waals surface area contributed by atoms with Crippen LogP contribution >= 0.6 is 11.8 Å². The highest BCUT2D eigenvalue weighted by Gasteiger charge is 2.05. The summed E-state index contributed by atoms with van der Waals surface area (Å²) in [5.41, 5.74) is 0. The second-order valence-electron chi connectivity index (χ2n) is 4.29. The first-order chi connectivity index (χ1) is 8.56. The van der Waals surface area contributed by atoms with Crippen LogP contribution in [0.3, 0.4) is 0 Å². The maximum Gasteiger partial charge on any atom is 0.314 e. The highest BCUT2D eigenvalue weighted by atomic mass is 32.2. The predicted molar refractivity (Wildman–Crippen MR) is 75.1 cm³/mol. The third-order valence-electron chi connectivity index (χ3n) is 2.49. The lowest BCUT2D eigenvalue weighted by Crippen LogP contribution is -2.41. The van der Waals surface area contributed by atoms with Crippen molar-refractivity contribution in [1.29, 1.82) is 0 Å². The molecule has 106 valence electrons. The van der Waals surface area contributed by atoms with Crippen LogP contribution in [0.1, 0.15) is 39.0 Å². The summed E-state index contributed by atoms with van der Waals surface area (Å²) in [5.74, 6) is 0.278. The lowest BCUT2D eigenvalue weighted by molar-refractivity contribution is -0.137. The van der Waals surface area contributed by atoms with Crippen LogP contribution in [-0.2, 0) is 4.79 Å². The minimum absolute atomic E-state index is 0.137. The number of hydrogen-bond donors (Lipinski definition) is 3. The number of carbonyl (C=O) groups is 2. The number of urea groups is 1. The second kappa shape index (κ2) is 11.2. The van der Waals surface area contributed by atoms with Gasteiger partial charge in [0.05, 0.1) is 0 Å². The summed E-state index contributed by atoms with van der Waals surface area (Å²) in [4.78, 5) is 21.7. The number of aliphatic carboxylic acids is 1. The molecule has 0 aliphatic heterocycles. The Labute approximate surface area is 113 Å². The molecule has 0 aliphatic carbocycles. The Morgan fingerprint density at radius 1 is 1.28 bits per heavy atom. The van der Waals surface area contributed by atoms with E-state index in [0.29, 0.717) is 13.0 Å². The molecule has 1 atom stereocenters. The zero-order valence-electron chi connectivity index (χ0n) is 11.2. The van der Waals surface area contributed by atoms with Gasteiger partial charge < -0.3 is 15.7 Å². The first kappa shape index (κ1) is 17.1. The van der Waals surface area contributed by atoms with Crippen molar-refractivity contribution in [2.45, 2.75) is 45.1 Å². The number of carboxylic acid groups (broad SMARTS) is 1. The van der Waals surface area contributed by atoms with Gasteiger partial charge >= 0.3 is 12.0 Å². The monoisotopic (exact) mass is 276 g/mol. The molecule has 2 amide bonds. The van der Waals surface area contributed by atoms with E-state index in [1.807, 2.05) is 13.2 Å². The number of carboxylic acids is 1. The fourth-order valence-corrected chi connectivity index (χ4v) is 2.01. The summed E-state index contributed by atoms with van der Waals surface area (Å²) >= 11 is 1.77. The molecule has 0 saturated carbocycles. The molecule has 0 aromatic rings. The number of rotatable bonds is 10. The van der Waals surface area contributed by atoms with E-state index in [9.17, 15) is 9.59 Å². The first-order valence-electron chi connectivity index (χ1n) is 6.31. The van der Waals surface area contributed by atoms with Crippen LogP contribution in [0.25, 0.3) is 0 Å². The van der Waals surface area contributed by atoms with Crippen LogP contribution in [0.15, 0.2) is 0 Å². The predicted octanol–water partition coefficient (Wildman–Crippen LogP) is 2.07. The van der Waals surface area contributed by atoms with Gasteiger partial charge in [0.1, 0.15) is 0 Å². The van der Waals surface area contributed by atoms with Gasteiger partial charge in [0.2, 0.25) is 0 Å². The first-order valence-corrected chi connectivity index (χ1v) is 7.70. The lowest BCUT2D eigenvalue weighted by Gasteiger charge is -2.13. The van der Waals surface area contributed by atoms with Crippen molar-refractivity contribution in [3.63, 3.8) is 0 Å². The van der Waals surface area contributed by atoms with E-state index in [-0.39, 0.29) is 18.5 Å². The van der Waals surface area contributed by atoms with Crippen LogP contribution < -0.4 is 10.6 Å². The fraction of sp³-hybridized carbons (Fsp3) is 0.833. The average molecular weight is 276 g/mol. The van der Waals surface area contributed by atoms with Crippen molar-refractivity contribution in [3.8, 4) is 0 Å². The van der Waals surface area contributed by atoms with Crippen molar-refractivity contribution in [3.05, 3.63) is 0 Å². The van der Waals surface area contributed by atoms with Crippen LogP contribution in [-0.4, -0.2) is 41.7 Å². The molecule has 0 heterocycles. The summed E-state index contributed by atoms with van der Waals surface area (Å²) in [5, 5.41) is 14.1. The maximum absolute atomic E-state index is 11.4. The van der Waals surface area contributed by atoms with Gasteiger partial charge in [0.25, 0.3) is 0 Å². The molecule has 0 bridgehead atoms.